The summed E-state index contributed by atoms with van der Waals surface area (Å²) in [6.07, 6.45) is 1.60. The van der Waals surface area contributed by atoms with Gasteiger partial charge in [-0.2, -0.15) is 15.0 Å². The van der Waals surface area contributed by atoms with E-state index in [0.29, 0.717) is 17.2 Å². The highest BCUT2D eigenvalue weighted by Gasteiger charge is 2.17. The second-order valence-electron chi connectivity index (χ2n) is 6.46. The molecule has 3 heterocycles. The average molecular weight is 373 g/mol. The van der Waals surface area contributed by atoms with E-state index in [1.807, 2.05) is 56.3 Å². The van der Waals surface area contributed by atoms with Gasteiger partial charge in [-0.3, -0.25) is 4.79 Å². The van der Waals surface area contributed by atoms with Gasteiger partial charge in [0.25, 0.3) is 5.91 Å². The number of carbonyl (C=O) groups excluding carboxylic acids is 1. The highest BCUT2D eigenvalue weighted by atomic mass is 16.2. The molecule has 28 heavy (non-hydrogen) atoms. The van der Waals surface area contributed by atoms with Gasteiger partial charge in [0.15, 0.2) is 11.5 Å². The number of aromatic nitrogens is 6. The molecule has 0 unspecified atom stereocenters. The van der Waals surface area contributed by atoms with Crippen molar-refractivity contribution in [3.63, 3.8) is 0 Å². The van der Waals surface area contributed by atoms with Gasteiger partial charge in [0.2, 0.25) is 0 Å². The molecule has 4 rings (SSSR count). The van der Waals surface area contributed by atoms with Crippen molar-refractivity contribution in [2.75, 3.05) is 5.32 Å². The molecular weight excluding hydrogens is 354 g/mol. The zero-order chi connectivity index (χ0) is 19.7. The minimum absolute atomic E-state index is 0.270. The van der Waals surface area contributed by atoms with E-state index < -0.39 is 0 Å². The van der Waals surface area contributed by atoms with Gasteiger partial charge in [-0.15, -0.1) is 5.10 Å². The Hall–Kier alpha value is -3.81. The Morgan fingerprint density at radius 1 is 0.964 bits per heavy atom. The second kappa shape index (κ2) is 7.07. The van der Waals surface area contributed by atoms with Crippen molar-refractivity contribution in [3.8, 4) is 11.5 Å². The van der Waals surface area contributed by atoms with Crippen LogP contribution in [0.15, 0.2) is 54.7 Å². The van der Waals surface area contributed by atoms with E-state index in [9.17, 15) is 4.79 Å². The maximum Gasteiger partial charge on any atom is 0.278 e. The first kappa shape index (κ1) is 17.6. The fraction of sp³-hybridized carbons (Fsp3) is 0.150. The minimum Gasteiger partial charge on any atom is -0.319 e. The number of rotatable bonds is 4. The van der Waals surface area contributed by atoms with Gasteiger partial charge >= 0.3 is 0 Å². The normalized spacial score (nSPS) is 10.8. The van der Waals surface area contributed by atoms with Gasteiger partial charge in [-0.1, -0.05) is 18.2 Å². The van der Waals surface area contributed by atoms with Gasteiger partial charge in [0.1, 0.15) is 0 Å². The first-order valence-electron chi connectivity index (χ1n) is 8.81. The van der Waals surface area contributed by atoms with Crippen molar-refractivity contribution < 1.29 is 4.79 Å². The number of pyridine rings is 1. The number of benzene rings is 1. The van der Waals surface area contributed by atoms with Crippen LogP contribution in [0.2, 0.25) is 0 Å². The SMILES string of the molecule is Cc1cc(C)n(-c2ccc(NC(=O)c3nn(-c4ccccc4)nc3C)cn2)n1. The van der Waals surface area contributed by atoms with Gasteiger partial charge in [-0.25, -0.2) is 9.67 Å². The molecule has 0 aliphatic rings. The number of aryl methyl sites for hydroxylation is 3. The van der Waals surface area contributed by atoms with Gasteiger partial charge in [0.05, 0.1) is 29.0 Å². The van der Waals surface area contributed by atoms with Crippen LogP contribution < -0.4 is 5.32 Å². The summed E-state index contributed by atoms with van der Waals surface area (Å²) in [4.78, 5) is 18.5. The quantitative estimate of drug-likeness (QED) is 0.594. The number of para-hydroxylation sites is 1. The molecule has 1 N–H and O–H groups in total. The molecule has 1 amide bonds. The average Bonchev–Trinajstić information content (AvgIpc) is 3.25. The van der Waals surface area contributed by atoms with Crippen LogP contribution >= 0.6 is 0 Å². The lowest BCUT2D eigenvalue weighted by Crippen LogP contribution is -2.14. The minimum atomic E-state index is -0.333. The lowest BCUT2D eigenvalue weighted by atomic mass is 10.3. The maximum absolute atomic E-state index is 12.6. The molecular formula is C20H19N7O. The summed E-state index contributed by atoms with van der Waals surface area (Å²) in [6.45, 7) is 5.66. The molecule has 0 atom stereocenters. The molecule has 3 aromatic heterocycles. The molecule has 0 radical (unpaired) electrons. The monoisotopic (exact) mass is 373 g/mol. The van der Waals surface area contributed by atoms with E-state index in [4.69, 9.17) is 0 Å². The zero-order valence-corrected chi connectivity index (χ0v) is 15.8. The van der Waals surface area contributed by atoms with Crippen molar-refractivity contribution >= 4 is 11.6 Å². The summed E-state index contributed by atoms with van der Waals surface area (Å²) in [6, 6.07) is 15.0. The van der Waals surface area contributed by atoms with E-state index in [2.05, 4.69) is 25.6 Å². The van der Waals surface area contributed by atoms with E-state index in [1.165, 1.54) is 4.80 Å². The zero-order valence-electron chi connectivity index (χ0n) is 15.8. The Bertz CT molecular complexity index is 1130. The van der Waals surface area contributed by atoms with Gasteiger partial charge < -0.3 is 5.32 Å². The van der Waals surface area contributed by atoms with Crippen LogP contribution in [0.25, 0.3) is 11.5 Å². The summed E-state index contributed by atoms with van der Waals surface area (Å²) in [5.74, 6) is 0.357. The number of carbonyl (C=O) groups is 1. The molecule has 140 valence electrons. The van der Waals surface area contributed by atoms with Crippen molar-refractivity contribution in [1.29, 1.82) is 0 Å². The number of hydrogen-bond donors (Lipinski definition) is 1. The largest absolute Gasteiger partial charge is 0.319 e. The number of nitrogens with one attached hydrogen (secondary N) is 1. The number of nitrogens with zero attached hydrogens (tertiary/aromatic N) is 6. The van der Waals surface area contributed by atoms with Crippen LogP contribution in [-0.2, 0) is 0 Å². The fourth-order valence-corrected chi connectivity index (χ4v) is 2.90. The Kier molecular flexibility index (Phi) is 4.44. The molecule has 4 aromatic rings. The van der Waals surface area contributed by atoms with Crippen LogP contribution in [0.5, 0.6) is 0 Å². The van der Waals surface area contributed by atoms with Crippen molar-refractivity contribution in [3.05, 3.63) is 77.5 Å². The topological polar surface area (TPSA) is 90.5 Å². The smallest absolute Gasteiger partial charge is 0.278 e. The third-order valence-corrected chi connectivity index (χ3v) is 4.22. The van der Waals surface area contributed by atoms with Crippen LogP contribution in [-0.4, -0.2) is 35.7 Å². The maximum atomic E-state index is 12.6. The molecule has 0 saturated carbocycles. The molecule has 0 bridgehead atoms. The lowest BCUT2D eigenvalue weighted by Gasteiger charge is -2.06. The predicted molar refractivity (Wildman–Crippen MR) is 105 cm³/mol. The molecule has 0 fully saturated rings. The third kappa shape index (κ3) is 3.39. The van der Waals surface area contributed by atoms with E-state index in [0.717, 1.165) is 17.1 Å². The van der Waals surface area contributed by atoms with E-state index >= 15 is 0 Å². The number of amides is 1. The highest BCUT2D eigenvalue weighted by Crippen LogP contribution is 2.14. The molecule has 0 saturated heterocycles. The first-order valence-corrected chi connectivity index (χ1v) is 8.81. The van der Waals surface area contributed by atoms with Crippen molar-refractivity contribution in [2.45, 2.75) is 20.8 Å². The molecule has 0 aliphatic heterocycles. The Balaban J connectivity index is 1.53. The summed E-state index contributed by atoms with van der Waals surface area (Å²) in [7, 11) is 0. The van der Waals surface area contributed by atoms with Crippen molar-refractivity contribution in [2.24, 2.45) is 0 Å². The summed E-state index contributed by atoms with van der Waals surface area (Å²) >= 11 is 0. The third-order valence-electron chi connectivity index (χ3n) is 4.22. The molecule has 0 spiro atoms. The standard InChI is InChI=1S/C20H19N7O/c1-13-11-14(2)26(23-13)18-10-9-16(12-21-18)22-20(28)19-15(3)24-27(25-19)17-7-5-4-6-8-17/h4-12H,1-3H3,(H,22,28). The number of hydrogen-bond acceptors (Lipinski definition) is 5. The summed E-state index contributed by atoms with van der Waals surface area (Å²) in [5.41, 5.74) is 4.10. The summed E-state index contributed by atoms with van der Waals surface area (Å²) in [5, 5.41) is 15.9. The Morgan fingerprint density at radius 2 is 1.75 bits per heavy atom. The summed E-state index contributed by atoms with van der Waals surface area (Å²) < 4.78 is 1.76. The van der Waals surface area contributed by atoms with E-state index in [-0.39, 0.29) is 11.6 Å². The predicted octanol–water partition coefficient (Wildman–Crippen LogP) is 3.03. The van der Waals surface area contributed by atoms with Crippen LogP contribution in [0.3, 0.4) is 0 Å². The molecule has 1 aromatic carbocycles. The first-order chi connectivity index (χ1) is 13.5. The second-order valence-corrected chi connectivity index (χ2v) is 6.46. The number of anilines is 1. The molecule has 0 aliphatic carbocycles. The van der Waals surface area contributed by atoms with E-state index in [1.54, 1.807) is 23.9 Å². The Morgan fingerprint density at radius 3 is 2.39 bits per heavy atom. The van der Waals surface area contributed by atoms with Crippen LogP contribution in [0.4, 0.5) is 5.69 Å². The fourth-order valence-electron chi connectivity index (χ4n) is 2.90. The van der Waals surface area contributed by atoms with Crippen LogP contribution in [0.1, 0.15) is 27.6 Å². The molecule has 8 nitrogen and oxygen atoms in total. The Labute approximate surface area is 161 Å². The molecule has 8 heteroatoms. The van der Waals surface area contributed by atoms with Crippen molar-refractivity contribution in [1.82, 2.24) is 29.8 Å². The van der Waals surface area contributed by atoms with Crippen LogP contribution in [0, 0.1) is 20.8 Å². The van der Waals surface area contributed by atoms with Gasteiger partial charge in [-0.05, 0) is 51.1 Å². The lowest BCUT2D eigenvalue weighted by molar-refractivity contribution is 0.102. The van der Waals surface area contributed by atoms with Gasteiger partial charge in [0, 0.05) is 5.69 Å². The highest BCUT2D eigenvalue weighted by molar-refractivity contribution is 6.03.